The predicted molar refractivity (Wildman–Crippen MR) is 118 cm³/mol. The predicted octanol–water partition coefficient (Wildman–Crippen LogP) is 2.00. The van der Waals surface area contributed by atoms with Crippen molar-refractivity contribution in [1.82, 2.24) is 5.43 Å². The lowest BCUT2D eigenvalue weighted by molar-refractivity contribution is -0.384. The summed E-state index contributed by atoms with van der Waals surface area (Å²) in [6.07, 6.45) is 1.41. The quantitative estimate of drug-likeness (QED) is 0.305. The van der Waals surface area contributed by atoms with Crippen LogP contribution in [0.1, 0.15) is 5.56 Å². The van der Waals surface area contributed by atoms with Crippen molar-refractivity contribution < 1.29 is 9.85 Å². The molecule has 0 spiro atoms. The number of nitrogens with one attached hydrogen (secondary N) is 1. The molecule has 1 aliphatic rings. The third kappa shape index (κ3) is 4.97. The number of rotatable bonds is 6. The molecular formula is C18H19N7O4S. The summed E-state index contributed by atoms with van der Waals surface area (Å²) in [5.74, 6) is 0. The first-order chi connectivity index (χ1) is 14.3. The van der Waals surface area contributed by atoms with E-state index in [-0.39, 0.29) is 16.5 Å². The number of hydrazone groups is 1. The normalized spacial score (nSPS) is 14.0. The number of piperazine rings is 1. The van der Waals surface area contributed by atoms with E-state index in [1.54, 1.807) is 24.3 Å². The molecule has 0 radical (unpaired) electrons. The molecule has 3 N–H and O–H groups in total. The van der Waals surface area contributed by atoms with Crippen LogP contribution in [0, 0.1) is 20.2 Å². The second-order valence-corrected chi connectivity index (χ2v) is 6.93. The third-order valence-corrected chi connectivity index (χ3v) is 4.72. The van der Waals surface area contributed by atoms with Crippen molar-refractivity contribution in [1.29, 1.82) is 0 Å². The van der Waals surface area contributed by atoms with Crippen molar-refractivity contribution in [3.8, 4) is 0 Å². The number of nitro groups is 2. The molecule has 3 rings (SSSR count). The number of nitrogens with two attached hydrogens (primary N) is 1. The maximum atomic E-state index is 11.6. The van der Waals surface area contributed by atoms with Crippen LogP contribution < -0.4 is 21.0 Å². The van der Waals surface area contributed by atoms with Crippen LogP contribution in [0.3, 0.4) is 0 Å². The second kappa shape index (κ2) is 9.13. The van der Waals surface area contributed by atoms with E-state index in [1.807, 2.05) is 4.90 Å². The molecule has 11 nitrogen and oxygen atoms in total. The summed E-state index contributed by atoms with van der Waals surface area (Å²) in [6.45, 7) is 2.43. The molecule has 0 amide bonds. The van der Waals surface area contributed by atoms with Gasteiger partial charge in [0.1, 0.15) is 5.69 Å². The maximum Gasteiger partial charge on any atom is 0.293 e. The van der Waals surface area contributed by atoms with Crippen molar-refractivity contribution in [3.63, 3.8) is 0 Å². The van der Waals surface area contributed by atoms with Gasteiger partial charge >= 0.3 is 0 Å². The Hall–Kier alpha value is -3.80. The van der Waals surface area contributed by atoms with Crippen LogP contribution in [-0.4, -0.2) is 47.4 Å². The van der Waals surface area contributed by atoms with Gasteiger partial charge in [-0.15, -0.1) is 0 Å². The van der Waals surface area contributed by atoms with E-state index >= 15 is 0 Å². The van der Waals surface area contributed by atoms with Crippen molar-refractivity contribution in [2.75, 3.05) is 36.0 Å². The summed E-state index contributed by atoms with van der Waals surface area (Å²) in [6, 6.07) is 11.2. The number of nitrogens with zero attached hydrogens (tertiary/aromatic N) is 5. The number of hydrogen-bond donors (Lipinski definition) is 2. The Bertz CT molecular complexity index is 989. The van der Waals surface area contributed by atoms with E-state index in [1.165, 1.54) is 24.4 Å². The van der Waals surface area contributed by atoms with Crippen LogP contribution in [0.25, 0.3) is 0 Å². The van der Waals surface area contributed by atoms with Crippen LogP contribution in [0.15, 0.2) is 47.6 Å². The SMILES string of the molecule is NC(=S)N/N=C\c1ccc(N2CCN(c3ccc([N+](=O)[O-])cc3)CC2)c([N+](=O)[O-])c1. The zero-order valence-corrected chi connectivity index (χ0v) is 16.6. The van der Waals surface area contributed by atoms with Crippen molar-refractivity contribution >= 4 is 46.3 Å². The first kappa shape index (κ1) is 20.9. The average molecular weight is 429 g/mol. The fourth-order valence-electron chi connectivity index (χ4n) is 3.20. The lowest BCUT2D eigenvalue weighted by atomic mass is 10.1. The highest BCUT2D eigenvalue weighted by molar-refractivity contribution is 7.80. The van der Waals surface area contributed by atoms with Crippen LogP contribution in [0.4, 0.5) is 22.7 Å². The van der Waals surface area contributed by atoms with E-state index in [0.717, 1.165) is 5.69 Å². The lowest BCUT2D eigenvalue weighted by Gasteiger charge is -2.37. The smallest absolute Gasteiger partial charge is 0.293 e. The molecule has 1 fully saturated rings. The number of hydrogen-bond acceptors (Lipinski definition) is 8. The van der Waals surface area contributed by atoms with Gasteiger partial charge in [0.15, 0.2) is 5.11 Å². The topological polar surface area (TPSA) is 143 Å². The van der Waals surface area contributed by atoms with Gasteiger partial charge in [-0.05, 0) is 30.4 Å². The van der Waals surface area contributed by atoms with Gasteiger partial charge in [0.25, 0.3) is 11.4 Å². The number of non-ortho nitro benzene ring substituents is 1. The highest BCUT2D eigenvalue weighted by Crippen LogP contribution is 2.30. The largest absolute Gasteiger partial charge is 0.375 e. The van der Waals surface area contributed by atoms with Gasteiger partial charge in [0, 0.05) is 55.6 Å². The Morgan fingerprint density at radius 2 is 1.67 bits per heavy atom. The molecule has 0 aliphatic carbocycles. The van der Waals surface area contributed by atoms with Crippen LogP contribution >= 0.6 is 12.2 Å². The Morgan fingerprint density at radius 1 is 1.03 bits per heavy atom. The molecule has 2 aromatic carbocycles. The molecule has 1 heterocycles. The summed E-state index contributed by atoms with van der Waals surface area (Å²) in [7, 11) is 0. The Morgan fingerprint density at radius 3 is 2.23 bits per heavy atom. The number of benzene rings is 2. The zero-order chi connectivity index (χ0) is 21.7. The van der Waals surface area contributed by atoms with Crippen molar-refractivity contribution in [2.24, 2.45) is 10.8 Å². The molecule has 0 bridgehead atoms. The summed E-state index contributed by atoms with van der Waals surface area (Å²) in [5, 5.41) is 26.2. The molecule has 0 unspecified atom stereocenters. The van der Waals surface area contributed by atoms with Gasteiger partial charge in [0.05, 0.1) is 16.1 Å². The average Bonchev–Trinajstić information content (AvgIpc) is 2.73. The van der Waals surface area contributed by atoms with Gasteiger partial charge < -0.3 is 15.5 Å². The fourth-order valence-corrected chi connectivity index (χ4v) is 3.25. The molecule has 2 aromatic rings. The van der Waals surface area contributed by atoms with Crippen LogP contribution in [0.2, 0.25) is 0 Å². The van der Waals surface area contributed by atoms with Gasteiger partial charge in [-0.2, -0.15) is 5.10 Å². The van der Waals surface area contributed by atoms with Crippen molar-refractivity contribution in [3.05, 3.63) is 68.3 Å². The summed E-state index contributed by atoms with van der Waals surface area (Å²) < 4.78 is 0. The summed E-state index contributed by atoms with van der Waals surface area (Å²) in [4.78, 5) is 25.6. The maximum absolute atomic E-state index is 11.6. The van der Waals surface area contributed by atoms with Crippen molar-refractivity contribution in [2.45, 2.75) is 0 Å². The number of thiocarbonyl (C=S) groups is 1. The van der Waals surface area contributed by atoms with E-state index in [9.17, 15) is 20.2 Å². The molecule has 0 aromatic heterocycles. The van der Waals surface area contributed by atoms with E-state index < -0.39 is 9.85 Å². The minimum Gasteiger partial charge on any atom is -0.375 e. The number of anilines is 2. The highest BCUT2D eigenvalue weighted by atomic mass is 32.1. The lowest BCUT2D eigenvalue weighted by Crippen LogP contribution is -2.46. The second-order valence-electron chi connectivity index (χ2n) is 6.49. The minimum absolute atomic E-state index is 0.00302. The molecule has 30 heavy (non-hydrogen) atoms. The van der Waals surface area contributed by atoms with Gasteiger partial charge in [-0.25, -0.2) is 0 Å². The molecule has 1 aliphatic heterocycles. The molecular weight excluding hydrogens is 410 g/mol. The number of nitro benzene ring substituents is 2. The molecule has 0 saturated carbocycles. The fraction of sp³-hybridized carbons (Fsp3) is 0.222. The van der Waals surface area contributed by atoms with Crippen LogP contribution in [0.5, 0.6) is 0 Å². The van der Waals surface area contributed by atoms with Crippen LogP contribution in [-0.2, 0) is 0 Å². The van der Waals surface area contributed by atoms with E-state index in [2.05, 4.69) is 27.6 Å². The molecule has 1 saturated heterocycles. The van der Waals surface area contributed by atoms with Gasteiger partial charge in [-0.3, -0.25) is 25.7 Å². The third-order valence-electron chi connectivity index (χ3n) is 4.63. The standard InChI is InChI=1S/C18H19N7O4S/c19-18(30)21-20-12-13-1-6-16(17(11-13)25(28)29)23-9-7-22(8-10-23)14-2-4-15(5-3-14)24(26)27/h1-6,11-12H,7-10H2,(H3,19,21,30)/b20-12-. The summed E-state index contributed by atoms with van der Waals surface area (Å²) >= 11 is 4.65. The van der Waals surface area contributed by atoms with Gasteiger partial charge in [0.2, 0.25) is 0 Å². The van der Waals surface area contributed by atoms with Gasteiger partial charge in [-0.1, -0.05) is 6.07 Å². The first-order valence-electron chi connectivity index (χ1n) is 8.96. The zero-order valence-electron chi connectivity index (χ0n) is 15.8. The summed E-state index contributed by atoms with van der Waals surface area (Å²) in [5.41, 5.74) is 9.67. The minimum atomic E-state index is -0.435. The Balaban J connectivity index is 1.71. The highest BCUT2D eigenvalue weighted by Gasteiger charge is 2.24. The Labute approximate surface area is 177 Å². The Kier molecular flexibility index (Phi) is 6.37. The van der Waals surface area contributed by atoms with E-state index in [4.69, 9.17) is 5.73 Å². The monoisotopic (exact) mass is 429 g/mol. The first-order valence-corrected chi connectivity index (χ1v) is 9.37. The van der Waals surface area contributed by atoms with E-state index in [0.29, 0.717) is 37.4 Å². The molecule has 12 heteroatoms. The molecule has 156 valence electrons. The molecule has 0 atom stereocenters.